The third kappa shape index (κ3) is 3.33. The van der Waals surface area contributed by atoms with Gasteiger partial charge in [0.1, 0.15) is 0 Å². The molecule has 1 saturated heterocycles. The van der Waals surface area contributed by atoms with Gasteiger partial charge in [-0.3, -0.25) is 0 Å². The van der Waals surface area contributed by atoms with Gasteiger partial charge in [-0.05, 0) is 39.1 Å². The third-order valence-electron chi connectivity index (χ3n) is 2.22. The monoisotopic (exact) mass is 189 g/mol. The molecule has 0 aliphatic carbocycles. The maximum Gasteiger partial charge on any atom is 0.0835 e. The fourth-order valence-corrected chi connectivity index (χ4v) is 2.49. The molecule has 0 spiro atoms. The van der Waals surface area contributed by atoms with Crippen molar-refractivity contribution >= 4 is 11.8 Å². The van der Waals surface area contributed by atoms with Crippen LogP contribution in [0.1, 0.15) is 19.8 Å². The summed E-state index contributed by atoms with van der Waals surface area (Å²) in [5.41, 5.74) is -0.496. The van der Waals surface area contributed by atoms with Gasteiger partial charge in [0.2, 0.25) is 0 Å². The molecule has 0 aromatic rings. The molecular formula is C9H19NOS. The van der Waals surface area contributed by atoms with E-state index >= 15 is 0 Å². The van der Waals surface area contributed by atoms with Crippen molar-refractivity contribution in [2.24, 2.45) is 0 Å². The van der Waals surface area contributed by atoms with Crippen LogP contribution in [0.4, 0.5) is 0 Å². The lowest BCUT2D eigenvalue weighted by atomic mass is 10.1. The van der Waals surface area contributed by atoms with Crippen molar-refractivity contribution in [1.29, 1.82) is 0 Å². The molecule has 0 amide bonds. The predicted octanol–water partition coefficient (Wildman–Crippen LogP) is 1.20. The topological polar surface area (TPSA) is 23.5 Å². The van der Waals surface area contributed by atoms with E-state index in [4.69, 9.17) is 0 Å². The minimum absolute atomic E-state index is 0.496. The molecule has 0 aromatic heterocycles. The first-order valence-electron chi connectivity index (χ1n) is 4.58. The minimum atomic E-state index is -0.496. The van der Waals surface area contributed by atoms with E-state index < -0.39 is 5.60 Å². The van der Waals surface area contributed by atoms with Gasteiger partial charge in [-0.15, -0.1) is 0 Å². The number of hydrogen-bond donors (Lipinski definition) is 1. The van der Waals surface area contributed by atoms with Crippen LogP contribution in [0.5, 0.6) is 0 Å². The number of nitrogens with zero attached hydrogens (tertiary/aromatic N) is 1. The lowest BCUT2D eigenvalue weighted by Crippen LogP contribution is -2.41. The van der Waals surface area contributed by atoms with Crippen LogP contribution >= 0.6 is 11.8 Å². The van der Waals surface area contributed by atoms with E-state index in [-0.39, 0.29) is 0 Å². The Labute approximate surface area is 79.3 Å². The van der Waals surface area contributed by atoms with Crippen LogP contribution < -0.4 is 0 Å². The van der Waals surface area contributed by atoms with Crippen molar-refractivity contribution < 1.29 is 5.11 Å². The van der Waals surface area contributed by atoms with Crippen LogP contribution in [0.25, 0.3) is 0 Å². The molecule has 12 heavy (non-hydrogen) atoms. The van der Waals surface area contributed by atoms with Gasteiger partial charge in [-0.2, -0.15) is 11.8 Å². The van der Waals surface area contributed by atoms with E-state index in [0.717, 1.165) is 12.3 Å². The number of likely N-dealkylation sites (tertiary alicyclic amines) is 1. The van der Waals surface area contributed by atoms with Gasteiger partial charge in [0.05, 0.1) is 5.60 Å². The highest BCUT2D eigenvalue weighted by atomic mass is 32.2. The second-order valence-electron chi connectivity index (χ2n) is 3.91. The van der Waals surface area contributed by atoms with Crippen LogP contribution in [0.15, 0.2) is 0 Å². The smallest absolute Gasteiger partial charge is 0.0835 e. The number of thioether (sulfide) groups is 1. The molecule has 1 fully saturated rings. The number of β-amino-alcohol motifs (C(OH)–C–C–N with tert-alkyl or cyclic N) is 1. The van der Waals surface area contributed by atoms with Crippen LogP contribution in [0.2, 0.25) is 0 Å². The zero-order chi connectivity index (χ0) is 9.03. The Bertz CT molecular complexity index is 132. The summed E-state index contributed by atoms with van der Waals surface area (Å²) in [7, 11) is 0. The van der Waals surface area contributed by atoms with Gasteiger partial charge in [0.15, 0.2) is 0 Å². The first-order valence-corrected chi connectivity index (χ1v) is 5.97. The van der Waals surface area contributed by atoms with Gasteiger partial charge in [-0.1, -0.05) is 0 Å². The van der Waals surface area contributed by atoms with E-state index in [9.17, 15) is 5.11 Å². The molecule has 1 atom stereocenters. The maximum atomic E-state index is 9.91. The first-order chi connectivity index (χ1) is 5.64. The van der Waals surface area contributed by atoms with E-state index in [2.05, 4.69) is 4.90 Å². The summed E-state index contributed by atoms with van der Waals surface area (Å²) in [4.78, 5) is 2.36. The van der Waals surface area contributed by atoms with Gasteiger partial charge in [0.25, 0.3) is 0 Å². The summed E-state index contributed by atoms with van der Waals surface area (Å²) in [6.07, 6.45) is 4.64. The molecular weight excluding hydrogens is 170 g/mol. The van der Waals surface area contributed by atoms with Crippen LogP contribution in [0.3, 0.4) is 0 Å². The highest BCUT2D eigenvalue weighted by Crippen LogP contribution is 2.16. The Balaban J connectivity index is 2.27. The number of hydrogen-bond acceptors (Lipinski definition) is 3. The zero-order valence-electron chi connectivity index (χ0n) is 8.05. The quantitative estimate of drug-likeness (QED) is 0.719. The van der Waals surface area contributed by atoms with Crippen molar-refractivity contribution in [2.45, 2.75) is 25.4 Å². The molecule has 72 valence electrons. The zero-order valence-corrected chi connectivity index (χ0v) is 8.86. The van der Waals surface area contributed by atoms with Crippen LogP contribution in [-0.2, 0) is 0 Å². The molecule has 2 nitrogen and oxygen atoms in total. The first kappa shape index (κ1) is 10.4. The summed E-state index contributed by atoms with van der Waals surface area (Å²) >= 11 is 1.72. The van der Waals surface area contributed by atoms with Crippen molar-refractivity contribution in [2.75, 3.05) is 31.6 Å². The van der Waals surface area contributed by atoms with Crippen molar-refractivity contribution in [1.82, 2.24) is 4.90 Å². The van der Waals surface area contributed by atoms with Gasteiger partial charge in [0, 0.05) is 12.3 Å². The number of aliphatic hydroxyl groups is 1. The predicted molar refractivity (Wildman–Crippen MR) is 54.7 cm³/mol. The Morgan fingerprint density at radius 1 is 1.42 bits per heavy atom. The molecule has 1 unspecified atom stereocenters. The van der Waals surface area contributed by atoms with Crippen molar-refractivity contribution in [3.63, 3.8) is 0 Å². The molecule has 1 aliphatic rings. The minimum Gasteiger partial charge on any atom is -0.388 e. The summed E-state index contributed by atoms with van der Waals surface area (Å²) in [6, 6.07) is 0. The average Bonchev–Trinajstić information content (AvgIpc) is 2.38. The van der Waals surface area contributed by atoms with E-state index in [1.807, 2.05) is 13.2 Å². The van der Waals surface area contributed by atoms with Crippen LogP contribution in [-0.4, -0.2) is 47.3 Å². The Kier molecular flexibility index (Phi) is 3.87. The second-order valence-corrected chi connectivity index (χ2v) is 4.78. The Morgan fingerprint density at radius 3 is 2.50 bits per heavy atom. The van der Waals surface area contributed by atoms with Gasteiger partial charge < -0.3 is 10.0 Å². The largest absolute Gasteiger partial charge is 0.388 e. The lowest BCUT2D eigenvalue weighted by molar-refractivity contribution is 0.0485. The fourth-order valence-electron chi connectivity index (χ4n) is 1.78. The highest BCUT2D eigenvalue weighted by Gasteiger charge is 2.24. The molecule has 1 rings (SSSR count). The molecule has 0 aromatic carbocycles. The summed E-state index contributed by atoms with van der Waals surface area (Å²) in [6.45, 7) is 5.12. The normalized spacial score (nSPS) is 24.2. The lowest BCUT2D eigenvalue weighted by Gasteiger charge is -2.27. The average molecular weight is 189 g/mol. The summed E-state index contributed by atoms with van der Waals surface area (Å²) in [5.74, 6) is 0.837. The Hall–Kier alpha value is 0.270. The Morgan fingerprint density at radius 2 is 2.00 bits per heavy atom. The van der Waals surface area contributed by atoms with Gasteiger partial charge in [-0.25, -0.2) is 0 Å². The van der Waals surface area contributed by atoms with Crippen LogP contribution in [0, 0.1) is 0 Å². The van der Waals surface area contributed by atoms with Gasteiger partial charge >= 0.3 is 0 Å². The van der Waals surface area contributed by atoms with Crippen molar-refractivity contribution in [3.8, 4) is 0 Å². The maximum absolute atomic E-state index is 9.91. The molecule has 0 bridgehead atoms. The molecule has 1 aliphatic heterocycles. The summed E-state index contributed by atoms with van der Waals surface area (Å²) in [5, 5.41) is 9.91. The third-order valence-corrected chi connectivity index (χ3v) is 3.13. The second kappa shape index (κ2) is 4.49. The molecule has 1 heterocycles. The fraction of sp³-hybridized carbons (Fsp3) is 1.00. The highest BCUT2D eigenvalue weighted by molar-refractivity contribution is 7.98. The van der Waals surface area contributed by atoms with E-state index in [0.29, 0.717) is 0 Å². The number of rotatable bonds is 4. The molecule has 3 heteroatoms. The standard InChI is InChI=1S/C9H19NOS/c1-9(11,8-12-2)7-10-5-3-4-6-10/h11H,3-8H2,1-2H3. The SMILES string of the molecule is CSCC(C)(O)CN1CCCC1. The molecule has 1 N–H and O–H groups in total. The van der Waals surface area contributed by atoms with Crippen molar-refractivity contribution in [3.05, 3.63) is 0 Å². The summed E-state index contributed by atoms with van der Waals surface area (Å²) < 4.78 is 0. The molecule has 0 radical (unpaired) electrons. The van der Waals surface area contributed by atoms with E-state index in [1.165, 1.54) is 25.9 Å². The van der Waals surface area contributed by atoms with E-state index in [1.54, 1.807) is 11.8 Å². The molecule has 0 saturated carbocycles.